The maximum Gasteiger partial charge on any atom is 0.307 e. The summed E-state index contributed by atoms with van der Waals surface area (Å²) in [5.41, 5.74) is 0.805. The van der Waals surface area contributed by atoms with Crippen molar-refractivity contribution in [2.75, 3.05) is 0 Å². The molecule has 0 aliphatic heterocycles. The first kappa shape index (κ1) is 12.0. The molecular formula is C13H15N3O3. The molecule has 100 valence electrons. The summed E-state index contributed by atoms with van der Waals surface area (Å²) in [6, 6.07) is 0. The molecule has 3 N–H and O–H groups in total. The van der Waals surface area contributed by atoms with Gasteiger partial charge in [-0.15, -0.1) is 0 Å². The van der Waals surface area contributed by atoms with Gasteiger partial charge < -0.3 is 15.4 Å². The molecule has 6 nitrogen and oxygen atoms in total. The number of amides is 1. The molecule has 6 heteroatoms. The van der Waals surface area contributed by atoms with Crippen LogP contribution in [-0.2, 0) is 16.1 Å². The molecule has 0 aromatic carbocycles. The van der Waals surface area contributed by atoms with Gasteiger partial charge in [-0.05, 0) is 18.3 Å². The quantitative estimate of drug-likeness (QED) is 0.690. The lowest BCUT2D eigenvalue weighted by molar-refractivity contribution is -0.147. The number of nitrogens with one attached hydrogen (secondary N) is 2. The van der Waals surface area contributed by atoms with E-state index in [-0.39, 0.29) is 17.7 Å². The molecule has 4 atom stereocenters. The summed E-state index contributed by atoms with van der Waals surface area (Å²) in [7, 11) is 0. The lowest BCUT2D eigenvalue weighted by atomic mass is 9.82. The van der Waals surface area contributed by atoms with E-state index in [1.54, 1.807) is 12.5 Å². The number of carbonyl (C=O) groups is 2. The summed E-state index contributed by atoms with van der Waals surface area (Å²) in [6.45, 7) is 0.350. The van der Waals surface area contributed by atoms with E-state index in [2.05, 4.69) is 15.3 Å². The third kappa shape index (κ3) is 2.03. The van der Waals surface area contributed by atoms with E-state index in [4.69, 9.17) is 0 Å². The highest BCUT2D eigenvalue weighted by atomic mass is 16.4. The maximum absolute atomic E-state index is 12.2. The Hall–Kier alpha value is -2.11. The van der Waals surface area contributed by atoms with Gasteiger partial charge >= 0.3 is 5.97 Å². The lowest BCUT2D eigenvalue weighted by Crippen LogP contribution is -2.39. The number of hydrogen-bond donors (Lipinski definition) is 3. The number of imidazole rings is 1. The van der Waals surface area contributed by atoms with Gasteiger partial charge in [-0.25, -0.2) is 4.98 Å². The van der Waals surface area contributed by atoms with E-state index in [1.165, 1.54) is 0 Å². The fraction of sp³-hybridized carbons (Fsp3) is 0.462. The van der Waals surface area contributed by atoms with Crippen molar-refractivity contribution in [1.29, 1.82) is 0 Å². The fourth-order valence-corrected chi connectivity index (χ4v) is 3.20. The average molecular weight is 261 g/mol. The molecule has 2 aliphatic rings. The number of carboxylic acid groups (broad SMARTS) is 1. The van der Waals surface area contributed by atoms with Crippen molar-refractivity contribution in [3.63, 3.8) is 0 Å². The smallest absolute Gasteiger partial charge is 0.307 e. The number of hydrogen-bond acceptors (Lipinski definition) is 3. The van der Waals surface area contributed by atoms with Crippen LogP contribution in [0.4, 0.5) is 0 Å². The second-order valence-corrected chi connectivity index (χ2v) is 5.13. The number of aromatic amines is 1. The first-order chi connectivity index (χ1) is 9.16. The summed E-state index contributed by atoms with van der Waals surface area (Å²) in [6.07, 6.45) is 7.86. The summed E-state index contributed by atoms with van der Waals surface area (Å²) in [5.74, 6) is -2.03. The zero-order valence-electron chi connectivity index (χ0n) is 10.2. The number of fused-ring (bicyclic) bond motifs is 2. The Bertz CT molecular complexity index is 523. The number of aliphatic carboxylic acids is 1. The molecule has 1 saturated carbocycles. The standard InChI is InChI=1S/C13H15N3O3/c17-12(15-5-9-4-14-6-16-9)10-7-1-2-8(3-7)11(10)13(18)19/h1-2,4,6-8,10-11H,3,5H2,(H,14,16)(H,15,17)(H,18,19)/t7?,8?,10-,11+/m0/s1. The minimum atomic E-state index is -0.876. The van der Waals surface area contributed by atoms with Gasteiger partial charge in [0.15, 0.2) is 0 Å². The third-order valence-electron chi connectivity index (χ3n) is 4.06. The van der Waals surface area contributed by atoms with Gasteiger partial charge in [0.25, 0.3) is 0 Å². The SMILES string of the molecule is O=C(O)[C@@H]1C2C=CC(C2)[C@@H]1C(=O)NCc1cnc[nH]1. The number of H-pyrrole nitrogens is 1. The van der Waals surface area contributed by atoms with Gasteiger partial charge in [-0.3, -0.25) is 9.59 Å². The average Bonchev–Trinajstić information content (AvgIpc) is 3.10. The second kappa shape index (κ2) is 4.53. The van der Waals surface area contributed by atoms with Gasteiger partial charge in [0.2, 0.25) is 5.91 Å². The lowest BCUT2D eigenvalue weighted by Gasteiger charge is -2.23. The number of carbonyl (C=O) groups excluding carboxylic acids is 1. The van der Waals surface area contributed by atoms with Crippen molar-refractivity contribution in [3.05, 3.63) is 30.4 Å². The van der Waals surface area contributed by atoms with Gasteiger partial charge in [-0.1, -0.05) is 12.2 Å². The van der Waals surface area contributed by atoms with Crippen LogP contribution < -0.4 is 5.32 Å². The highest BCUT2D eigenvalue weighted by molar-refractivity contribution is 5.86. The number of carboxylic acids is 1. The first-order valence-electron chi connectivity index (χ1n) is 6.33. The monoisotopic (exact) mass is 261 g/mol. The number of aromatic nitrogens is 2. The van der Waals surface area contributed by atoms with Crippen LogP contribution in [0, 0.1) is 23.7 Å². The molecule has 0 spiro atoms. The van der Waals surface area contributed by atoms with Gasteiger partial charge in [0, 0.05) is 6.20 Å². The zero-order chi connectivity index (χ0) is 13.4. The molecule has 1 aromatic heterocycles. The maximum atomic E-state index is 12.2. The van der Waals surface area contributed by atoms with Crippen molar-refractivity contribution >= 4 is 11.9 Å². The molecule has 1 heterocycles. The number of allylic oxidation sites excluding steroid dienone is 2. The number of nitrogens with zero attached hydrogens (tertiary/aromatic N) is 1. The number of rotatable bonds is 4. The van der Waals surface area contributed by atoms with E-state index in [9.17, 15) is 14.7 Å². The van der Waals surface area contributed by atoms with Crippen LogP contribution in [0.25, 0.3) is 0 Å². The van der Waals surface area contributed by atoms with Gasteiger partial charge in [0.05, 0.1) is 30.4 Å². The highest BCUT2D eigenvalue weighted by Gasteiger charge is 2.51. The molecule has 1 aromatic rings. The topological polar surface area (TPSA) is 95.1 Å². The van der Waals surface area contributed by atoms with Crippen LogP contribution in [0.15, 0.2) is 24.7 Å². The Morgan fingerprint density at radius 3 is 2.74 bits per heavy atom. The molecule has 2 unspecified atom stereocenters. The second-order valence-electron chi connectivity index (χ2n) is 5.13. The predicted molar refractivity (Wildman–Crippen MR) is 65.8 cm³/mol. The Kier molecular flexibility index (Phi) is 2.85. The third-order valence-corrected chi connectivity index (χ3v) is 4.06. The molecule has 2 bridgehead atoms. The van der Waals surface area contributed by atoms with E-state index < -0.39 is 17.8 Å². The summed E-state index contributed by atoms with van der Waals surface area (Å²) in [4.78, 5) is 30.3. The van der Waals surface area contributed by atoms with Crippen LogP contribution in [0.2, 0.25) is 0 Å². The molecule has 2 aliphatic carbocycles. The van der Waals surface area contributed by atoms with E-state index >= 15 is 0 Å². The summed E-state index contributed by atoms with van der Waals surface area (Å²) in [5, 5.41) is 12.1. The van der Waals surface area contributed by atoms with Crippen molar-refractivity contribution in [3.8, 4) is 0 Å². The molecule has 0 radical (unpaired) electrons. The predicted octanol–water partition coefficient (Wildman–Crippen LogP) is 0.549. The molecule has 1 amide bonds. The fourth-order valence-electron chi connectivity index (χ4n) is 3.20. The molecule has 19 heavy (non-hydrogen) atoms. The minimum Gasteiger partial charge on any atom is -0.481 e. The Morgan fingerprint density at radius 2 is 2.11 bits per heavy atom. The molecular weight excluding hydrogens is 246 g/mol. The molecule has 3 rings (SSSR count). The molecule has 1 fully saturated rings. The van der Waals surface area contributed by atoms with Crippen molar-refractivity contribution < 1.29 is 14.7 Å². The largest absolute Gasteiger partial charge is 0.481 e. The van der Waals surface area contributed by atoms with Crippen molar-refractivity contribution in [1.82, 2.24) is 15.3 Å². The first-order valence-corrected chi connectivity index (χ1v) is 6.33. The van der Waals surface area contributed by atoms with Gasteiger partial charge in [0.1, 0.15) is 0 Å². The van der Waals surface area contributed by atoms with Crippen LogP contribution in [0.5, 0.6) is 0 Å². The van der Waals surface area contributed by atoms with Crippen LogP contribution in [0.3, 0.4) is 0 Å². The van der Waals surface area contributed by atoms with Gasteiger partial charge in [-0.2, -0.15) is 0 Å². The Morgan fingerprint density at radius 1 is 1.37 bits per heavy atom. The van der Waals surface area contributed by atoms with Crippen molar-refractivity contribution in [2.45, 2.75) is 13.0 Å². The van der Waals surface area contributed by atoms with E-state index in [0.717, 1.165) is 12.1 Å². The summed E-state index contributed by atoms with van der Waals surface area (Å²) < 4.78 is 0. The summed E-state index contributed by atoms with van der Waals surface area (Å²) >= 11 is 0. The van der Waals surface area contributed by atoms with Crippen LogP contribution in [-0.4, -0.2) is 27.0 Å². The Balaban J connectivity index is 1.68. The minimum absolute atomic E-state index is 0.00500. The van der Waals surface area contributed by atoms with Crippen molar-refractivity contribution in [2.24, 2.45) is 23.7 Å². The zero-order valence-corrected chi connectivity index (χ0v) is 10.2. The van der Waals surface area contributed by atoms with Crippen LogP contribution in [0.1, 0.15) is 12.1 Å². The normalized spacial score (nSPS) is 31.6. The van der Waals surface area contributed by atoms with E-state index in [0.29, 0.717) is 6.54 Å². The Labute approximate surface area is 109 Å². The van der Waals surface area contributed by atoms with E-state index in [1.807, 2.05) is 12.2 Å². The highest BCUT2D eigenvalue weighted by Crippen LogP contribution is 2.48. The van der Waals surface area contributed by atoms with Crippen LogP contribution >= 0.6 is 0 Å². The molecule has 0 saturated heterocycles.